The highest BCUT2D eigenvalue weighted by atomic mass is 19.1. The van der Waals surface area contributed by atoms with Crippen LogP contribution in [0.2, 0.25) is 0 Å². The Morgan fingerprint density at radius 2 is 1.74 bits per heavy atom. The van der Waals surface area contributed by atoms with Crippen molar-refractivity contribution in [3.05, 3.63) is 59.9 Å². The van der Waals surface area contributed by atoms with Gasteiger partial charge < -0.3 is 25.8 Å². The number of carbonyl (C=O) groups is 3. The average molecular weight is 542 g/mol. The summed E-state index contributed by atoms with van der Waals surface area (Å²) in [6.07, 6.45) is 5.62. The normalized spacial score (nSPS) is 17.6. The number of likely N-dealkylation sites (tertiary alicyclic amines) is 1. The van der Waals surface area contributed by atoms with Crippen LogP contribution in [-0.2, 0) is 20.9 Å². The fourth-order valence-corrected chi connectivity index (χ4v) is 4.80. The number of primary amides is 1. The molecule has 0 spiro atoms. The lowest BCUT2D eigenvalue weighted by Crippen LogP contribution is -2.58. The summed E-state index contributed by atoms with van der Waals surface area (Å²) in [5.74, 6) is 0.0419. The molecule has 0 radical (unpaired) electrons. The van der Waals surface area contributed by atoms with Gasteiger partial charge in [-0.1, -0.05) is 45.2 Å². The van der Waals surface area contributed by atoms with Crippen LogP contribution in [-0.4, -0.2) is 45.9 Å². The lowest BCUT2D eigenvalue weighted by molar-refractivity contribution is -0.138. The van der Waals surface area contributed by atoms with Crippen LogP contribution >= 0.6 is 0 Å². The summed E-state index contributed by atoms with van der Waals surface area (Å²) in [7, 11) is 0. The Hall–Kier alpha value is -3.46. The largest absolute Gasteiger partial charge is 0.457 e. The maximum absolute atomic E-state index is 12.9. The highest BCUT2D eigenvalue weighted by Crippen LogP contribution is 2.29. The molecule has 1 aliphatic carbocycles. The van der Waals surface area contributed by atoms with Crippen LogP contribution in [0, 0.1) is 11.7 Å². The van der Waals surface area contributed by atoms with Gasteiger partial charge in [0.1, 0.15) is 29.0 Å². The van der Waals surface area contributed by atoms with E-state index >= 15 is 0 Å². The van der Waals surface area contributed by atoms with Crippen molar-refractivity contribution in [2.75, 3.05) is 6.54 Å². The van der Waals surface area contributed by atoms with Crippen LogP contribution in [0.1, 0.15) is 70.8 Å². The second-order valence-electron chi connectivity index (χ2n) is 10.7. The molecule has 2 fully saturated rings. The van der Waals surface area contributed by atoms with Gasteiger partial charge in [0.2, 0.25) is 17.7 Å². The minimum absolute atomic E-state index is 0.175. The van der Waals surface area contributed by atoms with Gasteiger partial charge >= 0.3 is 0 Å². The number of amides is 3. The molecule has 2 aromatic rings. The third kappa shape index (κ3) is 8.78. The first-order valence-electron chi connectivity index (χ1n) is 13.7. The zero-order chi connectivity index (χ0) is 28.4. The average Bonchev–Trinajstić information content (AvgIpc) is 3.30. The Labute approximate surface area is 229 Å². The molecular weight excluding hydrogens is 501 g/mol. The van der Waals surface area contributed by atoms with Crippen molar-refractivity contribution in [2.45, 2.75) is 83.4 Å². The fourth-order valence-electron chi connectivity index (χ4n) is 4.80. The minimum Gasteiger partial charge on any atom is -0.457 e. The zero-order valence-electron chi connectivity index (χ0n) is 22.8. The van der Waals surface area contributed by atoms with Gasteiger partial charge in [-0.25, -0.2) is 4.39 Å². The van der Waals surface area contributed by atoms with Gasteiger partial charge in [-0.3, -0.25) is 14.4 Å². The third-order valence-electron chi connectivity index (χ3n) is 7.18. The van der Waals surface area contributed by atoms with Crippen LogP contribution in [0.4, 0.5) is 4.39 Å². The number of benzene rings is 2. The summed E-state index contributed by atoms with van der Waals surface area (Å²) in [5.41, 5.74) is 5.43. The Morgan fingerprint density at radius 3 is 2.38 bits per heavy atom. The second-order valence-corrected chi connectivity index (χ2v) is 10.7. The van der Waals surface area contributed by atoms with E-state index in [0.29, 0.717) is 37.3 Å². The molecule has 1 aliphatic heterocycles. The molecule has 9 heteroatoms. The molecule has 1 atom stereocenters. The number of hydrogen-bond acceptors (Lipinski definition) is 5. The molecule has 2 aromatic carbocycles. The van der Waals surface area contributed by atoms with Crippen LogP contribution in [0.5, 0.6) is 11.5 Å². The number of nitrogens with one attached hydrogen (secondary N) is 1. The molecule has 0 bridgehead atoms. The van der Waals surface area contributed by atoms with Gasteiger partial charge in [0.25, 0.3) is 0 Å². The van der Waals surface area contributed by atoms with E-state index in [4.69, 9.17) is 10.5 Å². The number of hydrogen-bond donors (Lipinski definition) is 3. The summed E-state index contributed by atoms with van der Waals surface area (Å²) in [4.78, 5) is 37.1. The first-order chi connectivity index (χ1) is 18.6. The number of nitrogens with two attached hydrogens (primary N) is 1. The Morgan fingerprint density at radius 1 is 1.05 bits per heavy atom. The van der Waals surface area contributed by atoms with E-state index in [2.05, 4.69) is 5.32 Å². The van der Waals surface area contributed by atoms with Crippen molar-refractivity contribution in [2.24, 2.45) is 11.7 Å². The SMILES string of the molecule is CC(C)C(O)C(=O)NC1(C(N)=O)CCCC1.O=C1CCCCCN1Cc1cccc(Oc2ccc(F)cc2)c1. The van der Waals surface area contributed by atoms with E-state index in [0.717, 1.165) is 44.2 Å². The van der Waals surface area contributed by atoms with Crippen LogP contribution in [0.25, 0.3) is 0 Å². The van der Waals surface area contributed by atoms with Crippen molar-refractivity contribution in [1.82, 2.24) is 10.2 Å². The van der Waals surface area contributed by atoms with Gasteiger partial charge in [0.15, 0.2) is 0 Å². The molecule has 0 aromatic heterocycles. The van der Waals surface area contributed by atoms with Crippen LogP contribution < -0.4 is 15.8 Å². The first-order valence-corrected chi connectivity index (χ1v) is 13.7. The summed E-state index contributed by atoms with van der Waals surface area (Å²) in [6.45, 7) is 4.92. The zero-order valence-corrected chi connectivity index (χ0v) is 22.8. The topological polar surface area (TPSA) is 122 Å². The van der Waals surface area contributed by atoms with E-state index in [9.17, 15) is 23.9 Å². The molecule has 8 nitrogen and oxygen atoms in total. The Kier molecular flexibility index (Phi) is 10.9. The first kappa shape index (κ1) is 30.1. The smallest absolute Gasteiger partial charge is 0.249 e. The predicted molar refractivity (Wildman–Crippen MR) is 146 cm³/mol. The molecule has 1 heterocycles. The molecule has 4 N–H and O–H groups in total. The molecular formula is C30H40FN3O5. The number of nitrogens with zero attached hydrogens (tertiary/aromatic N) is 1. The predicted octanol–water partition coefficient (Wildman–Crippen LogP) is 4.44. The highest BCUT2D eigenvalue weighted by molar-refractivity contribution is 5.92. The number of halogens is 1. The maximum Gasteiger partial charge on any atom is 0.249 e. The lowest BCUT2D eigenvalue weighted by Gasteiger charge is -2.28. The monoisotopic (exact) mass is 541 g/mol. The Bertz CT molecular complexity index is 1120. The number of carbonyl (C=O) groups excluding carboxylic acids is 3. The lowest BCUT2D eigenvalue weighted by atomic mass is 9.95. The van der Waals surface area contributed by atoms with Crippen molar-refractivity contribution in [3.63, 3.8) is 0 Å². The standard InChI is InChI=1S/C19H20FNO2.C11H20N2O3/c20-16-8-10-17(11-9-16)23-18-6-4-5-15(13-18)14-21-12-3-1-2-7-19(21)22;1-7(2)8(14)9(15)13-11(10(12)16)5-3-4-6-11/h4-6,8-11,13H,1-3,7,12,14H2;7-8,14H,3-6H2,1-2H3,(H2,12,16)(H,13,15). The van der Waals surface area contributed by atoms with Gasteiger partial charge in [0, 0.05) is 19.5 Å². The van der Waals surface area contributed by atoms with E-state index in [-0.39, 0.29) is 17.6 Å². The summed E-state index contributed by atoms with van der Waals surface area (Å²) < 4.78 is 18.7. The van der Waals surface area contributed by atoms with Crippen molar-refractivity contribution >= 4 is 17.7 Å². The summed E-state index contributed by atoms with van der Waals surface area (Å²) in [5, 5.41) is 12.2. The highest BCUT2D eigenvalue weighted by Gasteiger charge is 2.42. The van der Waals surface area contributed by atoms with Gasteiger partial charge in [-0.05, 0) is 73.6 Å². The number of rotatable bonds is 8. The van der Waals surface area contributed by atoms with Crippen LogP contribution in [0.15, 0.2) is 48.5 Å². The molecule has 4 rings (SSSR count). The molecule has 1 saturated carbocycles. The molecule has 2 aliphatic rings. The van der Waals surface area contributed by atoms with Crippen molar-refractivity contribution < 1.29 is 28.6 Å². The summed E-state index contributed by atoms with van der Waals surface area (Å²) >= 11 is 0. The van der Waals surface area contributed by atoms with E-state index in [1.807, 2.05) is 29.2 Å². The van der Waals surface area contributed by atoms with Gasteiger partial charge in [-0.2, -0.15) is 0 Å². The quantitative estimate of drug-likeness (QED) is 0.456. The van der Waals surface area contributed by atoms with Crippen LogP contribution in [0.3, 0.4) is 0 Å². The van der Waals surface area contributed by atoms with Crippen molar-refractivity contribution in [3.8, 4) is 11.5 Å². The number of ether oxygens (including phenoxy) is 1. The molecule has 1 unspecified atom stereocenters. The number of aliphatic hydroxyl groups is 1. The maximum atomic E-state index is 12.9. The number of aliphatic hydroxyl groups excluding tert-OH is 1. The van der Waals surface area contributed by atoms with E-state index in [1.54, 1.807) is 26.0 Å². The third-order valence-corrected chi connectivity index (χ3v) is 7.18. The Balaban J connectivity index is 0.000000231. The molecule has 1 saturated heterocycles. The second kappa shape index (κ2) is 14.1. The van der Waals surface area contributed by atoms with Gasteiger partial charge in [-0.15, -0.1) is 0 Å². The van der Waals surface area contributed by atoms with Gasteiger partial charge in [0.05, 0.1) is 0 Å². The fraction of sp³-hybridized carbons (Fsp3) is 0.500. The molecule has 39 heavy (non-hydrogen) atoms. The van der Waals surface area contributed by atoms with Crippen molar-refractivity contribution in [1.29, 1.82) is 0 Å². The summed E-state index contributed by atoms with van der Waals surface area (Å²) in [6, 6.07) is 13.6. The molecule has 3 amide bonds. The van der Waals surface area contributed by atoms with E-state index < -0.39 is 23.5 Å². The van der Waals surface area contributed by atoms with E-state index in [1.165, 1.54) is 12.1 Å². The molecule has 212 valence electrons. The minimum atomic E-state index is -1.09.